The maximum absolute atomic E-state index is 12.4. The van der Waals surface area contributed by atoms with Gasteiger partial charge < -0.3 is 10.6 Å². The number of carbonyl (C=O) groups excluding carboxylic acids is 1. The molecule has 2 atom stereocenters. The first kappa shape index (κ1) is 18.1. The molecule has 0 aliphatic heterocycles. The SMILES string of the molecule is CC(C)=C[C@H]1[C@@H](C(=O)NC(=S)Nc2ccc([N+](=O)[O-])cc2)C1(C)C. The Balaban J connectivity index is 1.94. The molecule has 24 heavy (non-hydrogen) atoms. The van der Waals surface area contributed by atoms with Gasteiger partial charge in [0.15, 0.2) is 5.11 Å². The van der Waals surface area contributed by atoms with Crippen LogP contribution < -0.4 is 10.6 Å². The van der Waals surface area contributed by atoms with Crippen molar-refractivity contribution in [3.63, 3.8) is 0 Å². The zero-order chi connectivity index (χ0) is 18.1. The van der Waals surface area contributed by atoms with Crippen LogP contribution in [0.3, 0.4) is 0 Å². The Morgan fingerprint density at radius 2 is 1.88 bits per heavy atom. The molecule has 0 unspecified atom stereocenters. The van der Waals surface area contributed by atoms with Crippen molar-refractivity contribution < 1.29 is 9.72 Å². The van der Waals surface area contributed by atoms with Gasteiger partial charge in [-0.05, 0) is 49.5 Å². The van der Waals surface area contributed by atoms with E-state index in [1.54, 1.807) is 12.1 Å². The zero-order valence-electron chi connectivity index (χ0n) is 14.1. The molecule has 2 N–H and O–H groups in total. The first-order valence-electron chi connectivity index (χ1n) is 7.64. The highest BCUT2D eigenvalue weighted by Gasteiger charge is 2.60. The Morgan fingerprint density at radius 3 is 2.38 bits per heavy atom. The molecule has 1 fully saturated rings. The molecule has 0 radical (unpaired) electrons. The van der Waals surface area contributed by atoms with Gasteiger partial charge in [-0.2, -0.15) is 0 Å². The summed E-state index contributed by atoms with van der Waals surface area (Å²) in [7, 11) is 0. The summed E-state index contributed by atoms with van der Waals surface area (Å²) >= 11 is 5.15. The molecule has 0 spiro atoms. The number of thiocarbonyl (C=S) groups is 1. The number of hydrogen-bond acceptors (Lipinski definition) is 4. The van der Waals surface area contributed by atoms with Gasteiger partial charge in [0, 0.05) is 17.8 Å². The minimum absolute atomic E-state index is 0.000187. The van der Waals surface area contributed by atoms with E-state index in [9.17, 15) is 14.9 Å². The van der Waals surface area contributed by atoms with Crippen LogP contribution in [-0.2, 0) is 4.79 Å². The second-order valence-electron chi connectivity index (χ2n) is 6.82. The van der Waals surface area contributed by atoms with Gasteiger partial charge in [-0.3, -0.25) is 14.9 Å². The number of nitro groups is 1. The lowest BCUT2D eigenvalue weighted by Gasteiger charge is -2.10. The van der Waals surface area contributed by atoms with Crippen LogP contribution in [0.25, 0.3) is 0 Å². The van der Waals surface area contributed by atoms with E-state index in [1.807, 2.05) is 13.8 Å². The summed E-state index contributed by atoms with van der Waals surface area (Å²) < 4.78 is 0. The van der Waals surface area contributed by atoms with Crippen molar-refractivity contribution >= 4 is 34.6 Å². The maximum atomic E-state index is 12.4. The fraction of sp³-hybridized carbons (Fsp3) is 0.412. The number of allylic oxidation sites excluding steroid dienone is 2. The minimum Gasteiger partial charge on any atom is -0.332 e. The normalized spacial score (nSPS) is 20.7. The molecule has 1 aliphatic carbocycles. The smallest absolute Gasteiger partial charge is 0.269 e. The first-order chi connectivity index (χ1) is 11.1. The molecule has 7 heteroatoms. The van der Waals surface area contributed by atoms with Crippen LogP contribution in [0.1, 0.15) is 27.7 Å². The average Bonchev–Trinajstić information content (AvgIpc) is 2.99. The number of amides is 1. The van der Waals surface area contributed by atoms with Crippen molar-refractivity contribution in [3.05, 3.63) is 46.0 Å². The summed E-state index contributed by atoms with van der Waals surface area (Å²) in [5.41, 5.74) is 1.70. The number of carbonyl (C=O) groups is 1. The van der Waals surface area contributed by atoms with Crippen LogP contribution in [0.5, 0.6) is 0 Å². The molecule has 128 valence electrons. The summed E-state index contributed by atoms with van der Waals surface area (Å²) in [4.78, 5) is 22.6. The molecule has 1 aromatic rings. The van der Waals surface area contributed by atoms with Crippen molar-refractivity contribution in [3.8, 4) is 0 Å². The van der Waals surface area contributed by atoms with Gasteiger partial charge in [0.05, 0.1) is 10.8 Å². The van der Waals surface area contributed by atoms with Crippen molar-refractivity contribution in [1.82, 2.24) is 5.32 Å². The number of nitrogens with one attached hydrogen (secondary N) is 2. The van der Waals surface area contributed by atoms with Gasteiger partial charge >= 0.3 is 0 Å². The van der Waals surface area contributed by atoms with Crippen LogP contribution in [0.15, 0.2) is 35.9 Å². The maximum Gasteiger partial charge on any atom is 0.269 e. The van der Waals surface area contributed by atoms with Gasteiger partial charge in [0.2, 0.25) is 5.91 Å². The second-order valence-corrected chi connectivity index (χ2v) is 7.22. The molecule has 2 rings (SSSR count). The Labute approximate surface area is 146 Å². The predicted molar refractivity (Wildman–Crippen MR) is 97.7 cm³/mol. The molecule has 1 saturated carbocycles. The quantitative estimate of drug-likeness (QED) is 0.376. The number of rotatable bonds is 4. The first-order valence-corrected chi connectivity index (χ1v) is 8.05. The number of anilines is 1. The second kappa shape index (κ2) is 6.68. The predicted octanol–water partition coefficient (Wildman–Crippen LogP) is 3.65. The van der Waals surface area contributed by atoms with Gasteiger partial charge in [-0.1, -0.05) is 25.5 Å². The third-order valence-electron chi connectivity index (χ3n) is 4.28. The summed E-state index contributed by atoms with van der Waals surface area (Å²) in [6, 6.07) is 5.84. The highest BCUT2D eigenvalue weighted by molar-refractivity contribution is 7.80. The largest absolute Gasteiger partial charge is 0.332 e. The number of benzene rings is 1. The Kier molecular flexibility index (Phi) is 5.03. The van der Waals surface area contributed by atoms with E-state index in [2.05, 4.69) is 30.6 Å². The van der Waals surface area contributed by atoms with Gasteiger partial charge in [-0.15, -0.1) is 0 Å². The van der Waals surface area contributed by atoms with Crippen LogP contribution in [0.2, 0.25) is 0 Å². The Hall–Kier alpha value is -2.28. The fourth-order valence-corrected chi connectivity index (χ4v) is 3.09. The molecule has 0 bridgehead atoms. The minimum atomic E-state index is -0.470. The lowest BCUT2D eigenvalue weighted by Crippen LogP contribution is -2.36. The molecular formula is C17H21N3O3S. The van der Waals surface area contributed by atoms with E-state index in [0.29, 0.717) is 5.69 Å². The molecule has 0 aromatic heterocycles. The summed E-state index contributed by atoms with van der Waals surface area (Å²) in [6.07, 6.45) is 2.12. The van der Waals surface area contributed by atoms with Gasteiger partial charge in [0.1, 0.15) is 0 Å². The van der Waals surface area contributed by atoms with Crippen molar-refractivity contribution in [2.24, 2.45) is 17.3 Å². The van der Waals surface area contributed by atoms with Crippen molar-refractivity contribution in [2.45, 2.75) is 27.7 Å². The van der Waals surface area contributed by atoms with E-state index < -0.39 is 4.92 Å². The average molecular weight is 347 g/mol. The number of hydrogen-bond donors (Lipinski definition) is 2. The Morgan fingerprint density at radius 1 is 1.29 bits per heavy atom. The van der Waals surface area contributed by atoms with Crippen LogP contribution >= 0.6 is 12.2 Å². The molecule has 1 aromatic carbocycles. The molecule has 1 amide bonds. The third-order valence-corrected chi connectivity index (χ3v) is 4.48. The van der Waals surface area contributed by atoms with Gasteiger partial charge in [-0.25, -0.2) is 0 Å². The fourth-order valence-electron chi connectivity index (χ4n) is 2.87. The van der Waals surface area contributed by atoms with Crippen LogP contribution in [0.4, 0.5) is 11.4 Å². The highest BCUT2D eigenvalue weighted by Crippen LogP contribution is 2.59. The number of non-ortho nitro benzene ring substituents is 1. The van der Waals surface area contributed by atoms with Crippen LogP contribution in [0, 0.1) is 27.4 Å². The third kappa shape index (κ3) is 3.97. The van der Waals surface area contributed by atoms with E-state index in [0.717, 1.165) is 0 Å². The van der Waals surface area contributed by atoms with Crippen molar-refractivity contribution in [2.75, 3.05) is 5.32 Å². The van der Waals surface area contributed by atoms with Gasteiger partial charge in [0.25, 0.3) is 5.69 Å². The Bertz CT molecular complexity index is 706. The highest BCUT2D eigenvalue weighted by atomic mass is 32.1. The number of nitro benzene ring substituents is 1. The zero-order valence-corrected chi connectivity index (χ0v) is 14.9. The monoisotopic (exact) mass is 347 g/mol. The van der Waals surface area contributed by atoms with E-state index >= 15 is 0 Å². The van der Waals surface area contributed by atoms with Crippen LogP contribution in [-0.4, -0.2) is 15.9 Å². The summed E-state index contributed by atoms with van der Waals surface area (Å²) in [5.74, 6) is -0.00408. The molecular weight excluding hydrogens is 326 g/mol. The van der Waals surface area contributed by atoms with Crippen molar-refractivity contribution in [1.29, 1.82) is 0 Å². The molecule has 0 saturated heterocycles. The molecule has 0 heterocycles. The summed E-state index contributed by atoms with van der Waals surface area (Å²) in [5, 5.41) is 16.4. The lowest BCUT2D eigenvalue weighted by molar-refractivity contribution is -0.384. The lowest BCUT2D eigenvalue weighted by atomic mass is 10.1. The van der Waals surface area contributed by atoms with E-state index in [-0.39, 0.29) is 34.0 Å². The van der Waals surface area contributed by atoms with E-state index in [1.165, 1.54) is 17.7 Å². The number of nitrogens with zero attached hydrogens (tertiary/aromatic N) is 1. The topological polar surface area (TPSA) is 84.3 Å². The summed E-state index contributed by atoms with van der Waals surface area (Å²) in [6.45, 7) is 8.16. The van der Waals surface area contributed by atoms with E-state index in [4.69, 9.17) is 12.2 Å². The molecule has 1 aliphatic rings. The molecule has 6 nitrogen and oxygen atoms in total. The standard InChI is InChI=1S/C17H21N3O3S/c1-10(2)9-13-14(17(13,3)4)15(21)19-16(24)18-11-5-7-12(8-6-11)20(22)23/h5-9,13-14H,1-4H3,(H2,18,19,21,24)/t13-,14-/m0/s1.